The molecular weight excluding hydrogens is 198 g/mol. The van der Waals surface area contributed by atoms with E-state index in [4.69, 9.17) is 0 Å². The summed E-state index contributed by atoms with van der Waals surface area (Å²) in [6, 6.07) is 6.15. The smallest absolute Gasteiger partial charge is 0.0992 e. The molecule has 1 unspecified atom stereocenters. The summed E-state index contributed by atoms with van der Waals surface area (Å²) >= 11 is 0. The topological polar surface area (TPSA) is 32.3 Å². The van der Waals surface area contributed by atoms with Gasteiger partial charge in [-0.25, -0.2) is 0 Å². The highest BCUT2D eigenvalue weighted by Gasteiger charge is 2.22. The standard InChI is InChI=1S/C14H23NO/c1-5-8-15-10-14(4,16)13-7-6-11(2)12(3)9-13/h6-7,9,15-16H,5,8,10H2,1-4H3. The fraction of sp³-hybridized carbons (Fsp3) is 0.571. The molecule has 0 bridgehead atoms. The zero-order valence-electron chi connectivity index (χ0n) is 10.8. The van der Waals surface area contributed by atoms with Crippen molar-refractivity contribution >= 4 is 0 Å². The van der Waals surface area contributed by atoms with Crippen molar-refractivity contribution in [3.8, 4) is 0 Å². The van der Waals surface area contributed by atoms with Crippen LogP contribution >= 0.6 is 0 Å². The highest BCUT2D eigenvalue weighted by molar-refractivity contribution is 5.33. The van der Waals surface area contributed by atoms with Crippen LogP contribution in [-0.4, -0.2) is 18.2 Å². The lowest BCUT2D eigenvalue weighted by molar-refractivity contribution is 0.0571. The molecule has 0 aliphatic heterocycles. The minimum atomic E-state index is -0.784. The Balaban J connectivity index is 2.76. The number of aryl methyl sites for hydroxylation is 2. The molecule has 0 amide bonds. The van der Waals surface area contributed by atoms with Crippen molar-refractivity contribution in [1.82, 2.24) is 5.32 Å². The van der Waals surface area contributed by atoms with Gasteiger partial charge in [0.2, 0.25) is 0 Å². The molecule has 0 aliphatic carbocycles. The first-order valence-corrected chi connectivity index (χ1v) is 5.98. The molecule has 0 aliphatic rings. The van der Waals surface area contributed by atoms with E-state index in [0.29, 0.717) is 6.54 Å². The van der Waals surface area contributed by atoms with Crippen LogP contribution in [0.4, 0.5) is 0 Å². The molecule has 2 nitrogen and oxygen atoms in total. The molecular formula is C14H23NO. The van der Waals surface area contributed by atoms with Crippen molar-refractivity contribution in [2.75, 3.05) is 13.1 Å². The van der Waals surface area contributed by atoms with E-state index in [-0.39, 0.29) is 0 Å². The van der Waals surface area contributed by atoms with Gasteiger partial charge in [0.1, 0.15) is 0 Å². The predicted molar refractivity (Wildman–Crippen MR) is 68.6 cm³/mol. The van der Waals surface area contributed by atoms with Gasteiger partial charge in [-0.2, -0.15) is 0 Å². The van der Waals surface area contributed by atoms with Gasteiger partial charge in [0.05, 0.1) is 5.60 Å². The molecule has 0 saturated heterocycles. The van der Waals surface area contributed by atoms with Crippen LogP contribution in [0.2, 0.25) is 0 Å². The van der Waals surface area contributed by atoms with E-state index in [1.54, 1.807) is 0 Å². The van der Waals surface area contributed by atoms with Crippen molar-refractivity contribution in [1.29, 1.82) is 0 Å². The summed E-state index contributed by atoms with van der Waals surface area (Å²) in [4.78, 5) is 0. The molecule has 90 valence electrons. The van der Waals surface area contributed by atoms with E-state index in [0.717, 1.165) is 18.5 Å². The summed E-state index contributed by atoms with van der Waals surface area (Å²) in [5, 5.41) is 13.6. The Morgan fingerprint density at radius 1 is 1.25 bits per heavy atom. The largest absolute Gasteiger partial charge is 0.384 e. The van der Waals surface area contributed by atoms with Crippen LogP contribution in [0.25, 0.3) is 0 Å². The first-order chi connectivity index (χ1) is 7.47. The SMILES string of the molecule is CCCNCC(C)(O)c1ccc(C)c(C)c1. The molecule has 1 rings (SSSR count). The van der Waals surface area contributed by atoms with Crippen LogP contribution in [0.5, 0.6) is 0 Å². The first kappa shape index (κ1) is 13.2. The highest BCUT2D eigenvalue weighted by atomic mass is 16.3. The van der Waals surface area contributed by atoms with Gasteiger partial charge in [-0.15, -0.1) is 0 Å². The van der Waals surface area contributed by atoms with Crippen LogP contribution < -0.4 is 5.32 Å². The van der Waals surface area contributed by atoms with Gasteiger partial charge in [0.25, 0.3) is 0 Å². The van der Waals surface area contributed by atoms with Gasteiger partial charge in [-0.05, 0) is 50.4 Å². The van der Waals surface area contributed by atoms with Gasteiger partial charge in [0, 0.05) is 6.54 Å². The third kappa shape index (κ3) is 3.32. The van der Waals surface area contributed by atoms with Crippen molar-refractivity contribution in [2.24, 2.45) is 0 Å². The van der Waals surface area contributed by atoms with Crippen molar-refractivity contribution in [3.05, 3.63) is 34.9 Å². The summed E-state index contributed by atoms with van der Waals surface area (Å²) in [6.07, 6.45) is 1.09. The number of hydrogen-bond acceptors (Lipinski definition) is 2. The molecule has 1 aromatic carbocycles. The van der Waals surface area contributed by atoms with E-state index in [1.165, 1.54) is 11.1 Å². The Kier molecular flexibility index (Phi) is 4.51. The molecule has 1 atom stereocenters. The predicted octanol–water partition coefficient (Wildman–Crippen LogP) is 2.51. The average Bonchev–Trinajstić information content (AvgIpc) is 2.22. The van der Waals surface area contributed by atoms with E-state index in [1.807, 2.05) is 13.0 Å². The van der Waals surface area contributed by atoms with E-state index < -0.39 is 5.60 Å². The lowest BCUT2D eigenvalue weighted by Gasteiger charge is -2.25. The van der Waals surface area contributed by atoms with Crippen LogP contribution in [0, 0.1) is 13.8 Å². The van der Waals surface area contributed by atoms with E-state index in [2.05, 4.69) is 38.2 Å². The fourth-order valence-electron chi connectivity index (χ4n) is 1.69. The molecule has 2 heteroatoms. The number of nitrogens with one attached hydrogen (secondary N) is 1. The lowest BCUT2D eigenvalue weighted by atomic mass is 9.93. The molecule has 0 heterocycles. The Hall–Kier alpha value is -0.860. The summed E-state index contributed by atoms with van der Waals surface area (Å²) in [5.74, 6) is 0. The van der Waals surface area contributed by atoms with Crippen LogP contribution in [-0.2, 0) is 5.60 Å². The van der Waals surface area contributed by atoms with Crippen LogP contribution in [0.3, 0.4) is 0 Å². The Bertz CT molecular complexity index is 345. The summed E-state index contributed by atoms with van der Waals surface area (Å²) in [6.45, 7) is 9.69. The minimum absolute atomic E-state index is 0.601. The zero-order chi connectivity index (χ0) is 12.2. The lowest BCUT2D eigenvalue weighted by Crippen LogP contribution is -2.35. The molecule has 16 heavy (non-hydrogen) atoms. The number of rotatable bonds is 5. The van der Waals surface area contributed by atoms with E-state index >= 15 is 0 Å². The normalized spacial score (nSPS) is 14.8. The van der Waals surface area contributed by atoms with Crippen LogP contribution in [0.15, 0.2) is 18.2 Å². The first-order valence-electron chi connectivity index (χ1n) is 5.98. The Labute approximate surface area is 98.7 Å². The number of benzene rings is 1. The second kappa shape index (κ2) is 5.46. The Morgan fingerprint density at radius 2 is 1.94 bits per heavy atom. The van der Waals surface area contributed by atoms with Gasteiger partial charge in [0.15, 0.2) is 0 Å². The van der Waals surface area contributed by atoms with Gasteiger partial charge < -0.3 is 10.4 Å². The van der Waals surface area contributed by atoms with Crippen molar-refractivity contribution < 1.29 is 5.11 Å². The third-order valence-corrected chi connectivity index (χ3v) is 3.02. The number of hydrogen-bond donors (Lipinski definition) is 2. The molecule has 0 fully saturated rings. The Morgan fingerprint density at radius 3 is 2.50 bits per heavy atom. The fourth-order valence-corrected chi connectivity index (χ4v) is 1.69. The second-order valence-corrected chi connectivity index (χ2v) is 4.75. The van der Waals surface area contributed by atoms with Gasteiger partial charge in [-0.1, -0.05) is 25.1 Å². The maximum Gasteiger partial charge on any atom is 0.0992 e. The summed E-state index contributed by atoms with van der Waals surface area (Å²) in [7, 11) is 0. The highest BCUT2D eigenvalue weighted by Crippen LogP contribution is 2.22. The van der Waals surface area contributed by atoms with Gasteiger partial charge >= 0.3 is 0 Å². The maximum atomic E-state index is 10.4. The van der Waals surface area contributed by atoms with Crippen molar-refractivity contribution in [3.63, 3.8) is 0 Å². The minimum Gasteiger partial charge on any atom is -0.384 e. The van der Waals surface area contributed by atoms with Gasteiger partial charge in [-0.3, -0.25) is 0 Å². The molecule has 1 aromatic rings. The molecule has 0 saturated carbocycles. The monoisotopic (exact) mass is 221 g/mol. The average molecular weight is 221 g/mol. The van der Waals surface area contributed by atoms with Crippen LogP contribution in [0.1, 0.15) is 37.0 Å². The zero-order valence-corrected chi connectivity index (χ0v) is 10.8. The number of aliphatic hydroxyl groups is 1. The molecule has 0 spiro atoms. The third-order valence-electron chi connectivity index (χ3n) is 3.02. The quantitative estimate of drug-likeness (QED) is 0.749. The maximum absolute atomic E-state index is 10.4. The summed E-state index contributed by atoms with van der Waals surface area (Å²) in [5.41, 5.74) is 2.70. The molecule has 0 radical (unpaired) electrons. The second-order valence-electron chi connectivity index (χ2n) is 4.75. The molecule has 2 N–H and O–H groups in total. The van der Waals surface area contributed by atoms with E-state index in [9.17, 15) is 5.11 Å². The molecule has 0 aromatic heterocycles. The van der Waals surface area contributed by atoms with Crippen molar-refractivity contribution in [2.45, 2.75) is 39.7 Å². The summed E-state index contributed by atoms with van der Waals surface area (Å²) < 4.78 is 0.